The Hall–Kier alpha value is -2.82. The quantitative estimate of drug-likeness (QED) is 0.614. The summed E-state index contributed by atoms with van der Waals surface area (Å²) in [5.74, 6) is 0. The molecule has 0 bridgehead atoms. The Bertz CT molecular complexity index is 1120. The van der Waals surface area contributed by atoms with Crippen molar-refractivity contribution >= 4 is 11.8 Å². The third kappa shape index (κ3) is 3.93. The Labute approximate surface area is 180 Å². The molecule has 2 heterocycles. The van der Waals surface area contributed by atoms with Crippen molar-refractivity contribution in [1.82, 2.24) is 14.3 Å². The molecule has 154 valence electrons. The number of nitriles is 1. The van der Waals surface area contributed by atoms with Crippen molar-refractivity contribution in [3.8, 4) is 11.8 Å². The number of aromatic nitrogens is 3. The van der Waals surface area contributed by atoms with Crippen molar-refractivity contribution in [2.24, 2.45) is 0 Å². The highest BCUT2D eigenvalue weighted by molar-refractivity contribution is 7.99. The Balaban J connectivity index is 1.54. The molecular formula is C23H24N4O2S. The normalized spacial score (nSPS) is 15.8. The summed E-state index contributed by atoms with van der Waals surface area (Å²) in [5, 5.41) is 14.0. The van der Waals surface area contributed by atoms with Crippen LogP contribution in [0.2, 0.25) is 0 Å². The van der Waals surface area contributed by atoms with E-state index in [0.29, 0.717) is 13.2 Å². The minimum atomic E-state index is -0.463. The van der Waals surface area contributed by atoms with Crippen LogP contribution in [0.4, 0.5) is 0 Å². The van der Waals surface area contributed by atoms with Crippen LogP contribution in [0.3, 0.4) is 0 Å². The molecule has 6 nitrogen and oxygen atoms in total. The molecule has 0 unspecified atom stereocenters. The molecule has 2 aromatic carbocycles. The van der Waals surface area contributed by atoms with E-state index in [1.165, 1.54) is 4.68 Å². The van der Waals surface area contributed by atoms with Gasteiger partial charge in [0.1, 0.15) is 6.33 Å². The smallest absolute Gasteiger partial charge is 0.350 e. The van der Waals surface area contributed by atoms with Crippen molar-refractivity contribution in [2.75, 3.05) is 13.2 Å². The molecule has 1 aliphatic heterocycles. The lowest BCUT2D eigenvalue weighted by molar-refractivity contribution is 0.0675. The highest BCUT2D eigenvalue weighted by atomic mass is 32.2. The first kappa shape index (κ1) is 20.5. The first-order valence-corrected chi connectivity index (χ1v) is 10.9. The molecule has 1 aromatic heterocycles. The lowest BCUT2D eigenvalue weighted by Crippen LogP contribution is -2.32. The zero-order chi connectivity index (χ0) is 21.1. The minimum Gasteiger partial charge on any atom is -0.381 e. The monoisotopic (exact) mass is 420 g/mol. The summed E-state index contributed by atoms with van der Waals surface area (Å²) < 4.78 is 8.48. The molecule has 0 radical (unpaired) electrons. The topological polar surface area (TPSA) is 72.8 Å². The van der Waals surface area contributed by atoms with Gasteiger partial charge in [0, 0.05) is 29.0 Å². The molecule has 0 saturated carbocycles. The van der Waals surface area contributed by atoms with Crippen LogP contribution < -0.4 is 5.69 Å². The van der Waals surface area contributed by atoms with Gasteiger partial charge in [-0.05, 0) is 68.7 Å². The second-order valence-corrected chi connectivity index (χ2v) is 8.90. The molecule has 1 fully saturated rings. The summed E-state index contributed by atoms with van der Waals surface area (Å²) in [6, 6.07) is 18.6. The number of rotatable bonds is 5. The maximum atomic E-state index is 12.5. The molecule has 0 spiro atoms. The van der Waals surface area contributed by atoms with Crippen molar-refractivity contribution in [3.63, 3.8) is 0 Å². The number of hydrogen-bond acceptors (Lipinski definition) is 5. The van der Waals surface area contributed by atoms with Gasteiger partial charge in [0.25, 0.3) is 0 Å². The molecule has 1 aliphatic rings. The molecule has 30 heavy (non-hydrogen) atoms. The van der Waals surface area contributed by atoms with Gasteiger partial charge in [0.15, 0.2) is 0 Å². The van der Waals surface area contributed by atoms with Crippen LogP contribution >= 0.6 is 11.8 Å². The predicted molar refractivity (Wildman–Crippen MR) is 116 cm³/mol. The van der Waals surface area contributed by atoms with Crippen LogP contribution in [0.1, 0.15) is 38.3 Å². The van der Waals surface area contributed by atoms with E-state index in [1.807, 2.05) is 50.2 Å². The molecule has 0 N–H and O–H groups in total. The van der Waals surface area contributed by atoms with Gasteiger partial charge in [0.2, 0.25) is 0 Å². The van der Waals surface area contributed by atoms with E-state index in [1.54, 1.807) is 22.7 Å². The summed E-state index contributed by atoms with van der Waals surface area (Å²) in [4.78, 5) is 14.6. The van der Waals surface area contributed by atoms with Gasteiger partial charge in [-0.25, -0.2) is 4.79 Å². The minimum absolute atomic E-state index is 0.0702. The molecule has 0 amide bonds. The van der Waals surface area contributed by atoms with Crippen LogP contribution in [0.15, 0.2) is 69.4 Å². The number of ether oxygens (including phenoxy) is 1. The Morgan fingerprint density at radius 1 is 1.13 bits per heavy atom. The Morgan fingerprint density at radius 2 is 1.87 bits per heavy atom. The second kappa shape index (κ2) is 8.50. The maximum Gasteiger partial charge on any atom is 0.350 e. The van der Waals surface area contributed by atoms with Gasteiger partial charge in [0.05, 0.1) is 17.2 Å². The van der Waals surface area contributed by atoms with E-state index in [-0.39, 0.29) is 11.7 Å². The van der Waals surface area contributed by atoms with Gasteiger partial charge in [-0.3, -0.25) is 4.57 Å². The summed E-state index contributed by atoms with van der Waals surface area (Å²) in [6.07, 6.45) is 3.02. The van der Waals surface area contributed by atoms with Crippen molar-refractivity contribution < 1.29 is 4.74 Å². The van der Waals surface area contributed by atoms with Gasteiger partial charge < -0.3 is 4.74 Å². The largest absolute Gasteiger partial charge is 0.381 e. The van der Waals surface area contributed by atoms with Crippen LogP contribution in [-0.2, 0) is 10.2 Å². The summed E-state index contributed by atoms with van der Waals surface area (Å²) in [6.45, 7) is 5.16. The first-order chi connectivity index (χ1) is 14.5. The van der Waals surface area contributed by atoms with Crippen molar-refractivity contribution in [2.45, 2.75) is 47.9 Å². The van der Waals surface area contributed by atoms with E-state index >= 15 is 0 Å². The van der Waals surface area contributed by atoms with Crippen LogP contribution in [-0.4, -0.2) is 27.6 Å². The molecular weight excluding hydrogens is 396 g/mol. The molecule has 3 aromatic rings. The fourth-order valence-electron chi connectivity index (χ4n) is 3.68. The summed E-state index contributed by atoms with van der Waals surface area (Å²) in [7, 11) is 0. The van der Waals surface area contributed by atoms with Crippen molar-refractivity contribution in [1.29, 1.82) is 5.26 Å². The predicted octanol–water partition coefficient (Wildman–Crippen LogP) is 4.34. The van der Waals surface area contributed by atoms with Gasteiger partial charge in [-0.2, -0.15) is 15.0 Å². The van der Waals surface area contributed by atoms with E-state index in [9.17, 15) is 10.1 Å². The fourth-order valence-corrected chi connectivity index (χ4v) is 4.56. The van der Waals surface area contributed by atoms with Crippen LogP contribution in [0.5, 0.6) is 0 Å². The number of nitrogens with zero attached hydrogens (tertiary/aromatic N) is 4. The Morgan fingerprint density at radius 3 is 2.50 bits per heavy atom. The number of benzene rings is 2. The molecule has 4 rings (SSSR count). The zero-order valence-electron chi connectivity index (χ0n) is 17.1. The lowest BCUT2D eigenvalue weighted by atomic mass is 9.75. The van der Waals surface area contributed by atoms with Gasteiger partial charge in [-0.1, -0.05) is 23.9 Å². The highest BCUT2D eigenvalue weighted by Crippen LogP contribution is 2.37. The fraction of sp³-hybridized carbons (Fsp3) is 0.348. The van der Waals surface area contributed by atoms with Gasteiger partial charge >= 0.3 is 5.69 Å². The third-order valence-electron chi connectivity index (χ3n) is 5.51. The average molecular weight is 421 g/mol. The van der Waals surface area contributed by atoms with Gasteiger partial charge in [-0.15, -0.1) is 0 Å². The number of hydrogen-bond donors (Lipinski definition) is 0. The van der Waals surface area contributed by atoms with E-state index < -0.39 is 5.41 Å². The molecule has 0 atom stereocenters. The average Bonchev–Trinajstić information content (AvgIpc) is 3.16. The second-order valence-electron chi connectivity index (χ2n) is 7.76. The zero-order valence-corrected chi connectivity index (χ0v) is 17.9. The summed E-state index contributed by atoms with van der Waals surface area (Å²) in [5.41, 5.74) is 1.19. The van der Waals surface area contributed by atoms with E-state index in [4.69, 9.17) is 4.74 Å². The molecule has 0 aliphatic carbocycles. The third-order valence-corrected chi connectivity index (χ3v) is 6.51. The SMILES string of the molecule is CC(C)n1cnn(-c2ccc(Sc3cccc(C4(C#N)CCOCC4)c3)cc2)c1=O. The van der Waals surface area contributed by atoms with Crippen LogP contribution in [0, 0.1) is 11.3 Å². The van der Waals surface area contributed by atoms with E-state index in [0.717, 1.165) is 33.9 Å². The Kier molecular flexibility index (Phi) is 5.80. The first-order valence-electron chi connectivity index (χ1n) is 10.1. The standard InChI is InChI=1S/C23H24N4O2S/c1-17(2)26-16-25-27(22(26)28)19-6-8-20(9-7-19)30-21-5-3-4-18(14-21)23(15-24)10-12-29-13-11-23/h3-9,14,16-17H,10-13H2,1-2H3. The lowest BCUT2D eigenvalue weighted by Gasteiger charge is -2.31. The van der Waals surface area contributed by atoms with Crippen LogP contribution in [0.25, 0.3) is 5.69 Å². The van der Waals surface area contributed by atoms with Crippen molar-refractivity contribution in [3.05, 3.63) is 70.9 Å². The molecule has 1 saturated heterocycles. The highest BCUT2D eigenvalue weighted by Gasteiger charge is 2.34. The molecule has 7 heteroatoms. The summed E-state index contributed by atoms with van der Waals surface area (Å²) >= 11 is 1.64. The maximum absolute atomic E-state index is 12.5. The van der Waals surface area contributed by atoms with E-state index in [2.05, 4.69) is 23.3 Å².